The van der Waals surface area contributed by atoms with Crippen molar-refractivity contribution < 1.29 is 29.7 Å². The molecule has 0 fully saturated rings. The molecule has 0 radical (unpaired) electrons. The first-order valence-corrected chi connectivity index (χ1v) is 10.9. The average molecular weight is 440 g/mol. The zero-order chi connectivity index (χ0) is 23.5. The number of primary amides is 1. The summed E-state index contributed by atoms with van der Waals surface area (Å²) in [5.74, 6) is -5.01. The molecule has 3 unspecified atom stereocenters. The van der Waals surface area contributed by atoms with Gasteiger partial charge in [0.2, 0.25) is 0 Å². The van der Waals surface area contributed by atoms with Crippen LogP contribution in [0.2, 0.25) is 0 Å². The van der Waals surface area contributed by atoms with Gasteiger partial charge in [0.1, 0.15) is 22.8 Å². The molecule has 3 aliphatic rings. The van der Waals surface area contributed by atoms with Crippen LogP contribution in [0, 0.1) is 17.8 Å². The van der Waals surface area contributed by atoms with Gasteiger partial charge < -0.3 is 26.0 Å². The number of amides is 1. The number of carbonyl (C=O) groups excluding carboxylic acids is 3. The number of nitrogens with zero attached hydrogens (tertiary/aromatic N) is 1. The van der Waals surface area contributed by atoms with Gasteiger partial charge in [-0.1, -0.05) is 13.3 Å². The number of aromatic hydroxyl groups is 1. The first-order valence-electron chi connectivity index (χ1n) is 10.9. The van der Waals surface area contributed by atoms with Crippen LogP contribution < -0.4 is 10.6 Å². The topological polar surface area (TPSA) is 141 Å². The minimum atomic E-state index is -1.10. The van der Waals surface area contributed by atoms with Crippen molar-refractivity contribution in [3.63, 3.8) is 0 Å². The predicted octanol–water partition coefficient (Wildman–Crippen LogP) is 2.48. The Hall–Kier alpha value is -3.29. The molecule has 0 aromatic heterocycles. The Morgan fingerprint density at radius 3 is 2.47 bits per heavy atom. The van der Waals surface area contributed by atoms with Crippen LogP contribution in [0.3, 0.4) is 0 Å². The molecular formula is C24H28N2O6. The second kappa shape index (κ2) is 7.69. The first-order chi connectivity index (χ1) is 15.1. The lowest BCUT2D eigenvalue weighted by Crippen LogP contribution is -2.43. The minimum absolute atomic E-state index is 0.0325. The van der Waals surface area contributed by atoms with Crippen molar-refractivity contribution in [2.24, 2.45) is 23.5 Å². The maximum absolute atomic E-state index is 13.6. The van der Waals surface area contributed by atoms with Crippen molar-refractivity contribution >= 4 is 23.2 Å². The van der Waals surface area contributed by atoms with Gasteiger partial charge >= 0.3 is 0 Å². The van der Waals surface area contributed by atoms with Crippen LogP contribution in [0.15, 0.2) is 28.7 Å². The maximum Gasteiger partial charge on any atom is 0.255 e. The van der Waals surface area contributed by atoms with Gasteiger partial charge in [-0.3, -0.25) is 14.4 Å². The largest absolute Gasteiger partial charge is 0.511 e. The van der Waals surface area contributed by atoms with E-state index in [9.17, 15) is 29.7 Å². The molecule has 4 rings (SSSR count). The van der Waals surface area contributed by atoms with Gasteiger partial charge in [-0.05, 0) is 48.3 Å². The summed E-state index contributed by atoms with van der Waals surface area (Å²) in [6, 6.07) is 1.91. The quantitative estimate of drug-likeness (QED) is 0.527. The molecule has 0 heterocycles. The van der Waals surface area contributed by atoms with E-state index in [4.69, 9.17) is 5.73 Å². The smallest absolute Gasteiger partial charge is 0.255 e. The van der Waals surface area contributed by atoms with Crippen LogP contribution in [0.25, 0.3) is 0 Å². The van der Waals surface area contributed by atoms with Crippen molar-refractivity contribution in [1.29, 1.82) is 0 Å². The van der Waals surface area contributed by atoms with Gasteiger partial charge in [0, 0.05) is 31.8 Å². The second-order valence-electron chi connectivity index (χ2n) is 9.16. The number of hydrogen-bond donors (Lipinski definition) is 4. The zero-order valence-corrected chi connectivity index (χ0v) is 18.4. The fourth-order valence-corrected chi connectivity index (χ4v) is 5.60. The third kappa shape index (κ3) is 3.08. The highest BCUT2D eigenvalue weighted by Gasteiger charge is 2.50. The number of fused-ring (bicyclic) bond motifs is 3. The third-order valence-corrected chi connectivity index (χ3v) is 6.94. The number of hydrogen-bond acceptors (Lipinski definition) is 7. The van der Waals surface area contributed by atoms with Gasteiger partial charge in [-0.2, -0.15) is 0 Å². The molecule has 8 nitrogen and oxygen atoms in total. The van der Waals surface area contributed by atoms with E-state index in [2.05, 4.69) is 0 Å². The Morgan fingerprint density at radius 2 is 1.88 bits per heavy atom. The summed E-state index contributed by atoms with van der Waals surface area (Å²) >= 11 is 0. The molecule has 1 aromatic rings. The summed E-state index contributed by atoms with van der Waals surface area (Å²) in [7, 11) is 3.75. The fourth-order valence-electron chi connectivity index (χ4n) is 5.60. The van der Waals surface area contributed by atoms with E-state index in [1.165, 1.54) is 0 Å². The molecule has 3 atom stereocenters. The highest BCUT2D eigenvalue weighted by molar-refractivity contribution is 6.22. The number of aryl methyl sites for hydroxylation is 1. The lowest BCUT2D eigenvalue weighted by atomic mass is 9.62. The van der Waals surface area contributed by atoms with Gasteiger partial charge in [0.25, 0.3) is 5.91 Å². The Kier molecular flexibility index (Phi) is 5.27. The maximum atomic E-state index is 13.6. The number of rotatable bonds is 4. The number of anilines is 1. The lowest BCUT2D eigenvalue weighted by molar-refractivity contribution is -0.126. The molecule has 170 valence electrons. The van der Waals surface area contributed by atoms with Crippen molar-refractivity contribution in [2.45, 2.75) is 39.0 Å². The Bertz CT molecular complexity index is 1110. The number of aliphatic hydroxyl groups is 2. The van der Waals surface area contributed by atoms with Gasteiger partial charge in [0.15, 0.2) is 11.6 Å². The van der Waals surface area contributed by atoms with E-state index in [1.807, 2.05) is 32.0 Å². The van der Waals surface area contributed by atoms with Crippen LogP contribution in [0.5, 0.6) is 5.75 Å². The molecule has 1 amide bonds. The van der Waals surface area contributed by atoms with E-state index in [1.54, 1.807) is 0 Å². The summed E-state index contributed by atoms with van der Waals surface area (Å²) in [6.07, 6.45) is 2.22. The second-order valence-corrected chi connectivity index (χ2v) is 9.16. The number of allylic oxidation sites excluding steroid dienone is 3. The van der Waals surface area contributed by atoms with Gasteiger partial charge in [-0.25, -0.2) is 0 Å². The number of Topliss-reactive ketones (excluding diaryl/α,β-unsaturated/α-hetero) is 2. The number of ketones is 2. The molecule has 0 aliphatic heterocycles. The number of phenols is 1. The van der Waals surface area contributed by atoms with Crippen LogP contribution >= 0.6 is 0 Å². The lowest BCUT2D eigenvalue weighted by Gasteiger charge is -2.41. The molecule has 5 N–H and O–H groups in total. The summed E-state index contributed by atoms with van der Waals surface area (Å²) in [4.78, 5) is 40.1. The van der Waals surface area contributed by atoms with Crippen molar-refractivity contribution in [2.75, 3.05) is 19.0 Å². The fraction of sp³-hybridized carbons (Fsp3) is 0.458. The van der Waals surface area contributed by atoms with Crippen LogP contribution in [-0.2, 0) is 22.4 Å². The monoisotopic (exact) mass is 440 g/mol. The summed E-state index contributed by atoms with van der Waals surface area (Å²) in [5, 5.41) is 32.3. The highest BCUT2D eigenvalue weighted by Crippen LogP contribution is 2.51. The average Bonchev–Trinajstić information content (AvgIpc) is 2.68. The molecule has 32 heavy (non-hydrogen) atoms. The molecule has 0 saturated carbocycles. The predicted molar refractivity (Wildman–Crippen MR) is 118 cm³/mol. The van der Waals surface area contributed by atoms with E-state index in [-0.39, 0.29) is 40.7 Å². The highest BCUT2D eigenvalue weighted by atomic mass is 16.3. The number of nitrogens with two attached hydrogens (primary N) is 1. The van der Waals surface area contributed by atoms with Crippen LogP contribution in [0.1, 0.15) is 47.7 Å². The number of benzene rings is 1. The summed E-state index contributed by atoms with van der Waals surface area (Å²) in [6.45, 7) is 1.98. The van der Waals surface area contributed by atoms with Gasteiger partial charge in [0.05, 0.1) is 11.5 Å². The molecule has 8 heteroatoms. The number of phenolic OH excluding ortho intramolecular Hbond substituents is 1. The Morgan fingerprint density at radius 1 is 1.19 bits per heavy atom. The van der Waals surface area contributed by atoms with E-state index in [0.717, 1.165) is 17.7 Å². The van der Waals surface area contributed by atoms with Crippen molar-refractivity contribution in [3.05, 3.63) is 45.4 Å². The standard InChI is InChI=1S/C24H28N2O6/c1-4-5-10-8-14(26(2)3)13-7-11-6-12-9-15(27)19(24(25)32)23(31)17(12)21(29)16(11)22(30)18(13)20(10)28/h8,11-12,17,27-29H,4-7,9H2,1-3H3,(H2,25,32). The summed E-state index contributed by atoms with van der Waals surface area (Å²) in [5.41, 5.74) is 7.27. The van der Waals surface area contributed by atoms with E-state index in [0.29, 0.717) is 24.8 Å². The molecule has 1 aromatic carbocycles. The Balaban J connectivity index is 1.88. The first kappa shape index (κ1) is 21.9. The van der Waals surface area contributed by atoms with E-state index >= 15 is 0 Å². The van der Waals surface area contributed by atoms with Crippen molar-refractivity contribution in [1.82, 2.24) is 0 Å². The van der Waals surface area contributed by atoms with Crippen LogP contribution in [-0.4, -0.2) is 46.9 Å². The Labute approximate surface area is 186 Å². The molecule has 0 bridgehead atoms. The number of aliphatic hydroxyl groups excluding tert-OH is 2. The molecule has 3 aliphatic carbocycles. The molecular weight excluding hydrogens is 412 g/mol. The van der Waals surface area contributed by atoms with Gasteiger partial charge in [-0.15, -0.1) is 0 Å². The zero-order valence-electron chi connectivity index (χ0n) is 18.4. The normalized spacial score (nSPS) is 24.8. The van der Waals surface area contributed by atoms with Crippen molar-refractivity contribution in [3.8, 4) is 5.75 Å². The number of carbonyl (C=O) groups is 3. The molecule has 0 saturated heterocycles. The third-order valence-electron chi connectivity index (χ3n) is 6.94. The SMILES string of the molecule is CCCc1cc(N(C)C)c2c(c1O)C(=O)C1=C(O)C3C(=O)C(C(N)=O)=C(O)CC3CC1C2. The van der Waals surface area contributed by atoms with Crippen LogP contribution in [0.4, 0.5) is 5.69 Å². The summed E-state index contributed by atoms with van der Waals surface area (Å²) < 4.78 is 0. The minimum Gasteiger partial charge on any atom is -0.511 e. The van der Waals surface area contributed by atoms with E-state index < -0.39 is 34.9 Å². The molecule has 0 spiro atoms.